The largest absolute Gasteiger partial charge is 0.496 e. The molecule has 0 heterocycles. The highest BCUT2D eigenvalue weighted by atomic mass is 19.1. The lowest BCUT2D eigenvalue weighted by molar-refractivity contribution is 0.0935. The molecule has 3 nitrogen and oxygen atoms in total. The van der Waals surface area contributed by atoms with E-state index in [1.807, 2.05) is 31.2 Å². The highest BCUT2D eigenvalue weighted by molar-refractivity contribution is 5.94. The van der Waals surface area contributed by atoms with Gasteiger partial charge in [0.05, 0.1) is 18.7 Å². The summed E-state index contributed by atoms with van der Waals surface area (Å²) in [7, 11) is 1.58. The predicted molar refractivity (Wildman–Crippen MR) is 80.0 cm³/mol. The topological polar surface area (TPSA) is 38.3 Å². The summed E-state index contributed by atoms with van der Waals surface area (Å²) < 4.78 is 19.1. The highest BCUT2D eigenvalue weighted by Crippen LogP contribution is 2.24. The summed E-state index contributed by atoms with van der Waals surface area (Å²) in [6.45, 7) is 3.62. The van der Waals surface area contributed by atoms with Gasteiger partial charge in [0.1, 0.15) is 11.6 Å². The molecule has 0 radical (unpaired) electrons. The van der Waals surface area contributed by atoms with Crippen molar-refractivity contribution in [2.24, 2.45) is 0 Å². The van der Waals surface area contributed by atoms with Crippen LogP contribution in [0, 0.1) is 12.7 Å². The van der Waals surface area contributed by atoms with Gasteiger partial charge < -0.3 is 10.1 Å². The normalized spacial score (nSPS) is 11.8. The van der Waals surface area contributed by atoms with Gasteiger partial charge in [0.2, 0.25) is 0 Å². The molecule has 1 amide bonds. The average molecular weight is 287 g/mol. The van der Waals surface area contributed by atoms with Crippen molar-refractivity contribution in [2.45, 2.75) is 19.9 Å². The number of rotatable bonds is 4. The first-order valence-electron chi connectivity index (χ1n) is 6.73. The molecule has 0 saturated carbocycles. The first-order valence-corrected chi connectivity index (χ1v) is 6.73. The monoisotopic (exact) mass is 287 g/mol. The Bertz CT molecular complexity index is 655. The highest BCUT2D eigenvalue weighted by Gasteiger charge is 2.17. The number of aryl methyl sites for hydroxylation is 1. The molecule has 2 rings (SSSR count). The fourth-order valence-electron chi connectivity index (χ4n) is 2.18. The zero-order valence-corrected chi connectivity index (χ0v) is 12.3. The van der Waals surface area contributed by atoms with Crippen LogP contribution in [0.1, 0.15) is 34.5 Å². The summed E-state index contributed by atoms with van der Waals surface area (Å²) >= 11 is 0. The van der Waals surface area contributed by atoms with Crippen LogP contribution in [0.4, 0.5) is 4.39 Å². The number of hydrogen-bond donors (Lipinski definition) is 1. The summed E-state index contributed by atoms with van der Waals surface area (Å²) in [5, 5.41) is 2.79. The van der Waals surface area contributed by atoms with Gasteiger partial charge in [0, 0.05) is 5.56 Å². The third-order valence-corrected chi connectivity index (χ3v) is 3.32. The third-order valence-electron chi connectivity index (χ3n) is 3.32. The van der Waals surface area contributed by atoms with Crippen LogP contribution < -0.4 is 10.1 Å². The Labute approximate surface area is 123 Å². The number of halogens is 1. The summed E-state index contributed by atoms with van der Waals surface area (Å²) in [5.74, 6) is -0.264. The number of hydrogen-bond acceptors (Lipinski definition) is 2. The molecule has 0 bridgehead atoms. The van der Waals surface area contributed by atoms with E-state index in [0.717, 1.165) is 11.1 Å². The molecular weight excluding hydrogens is 269 g/mol. The van der Waals surface area contributed by atoms with Crippen molar-refractivity contribution in [3.8, 4) is 5.75 Å². The first-order chi connectivity index (χ1) is 10.0. The van der Waals surface area contributed by atoms with Gasteiger partial charge in [-0.25, -0.2) is 4.39 Å². The second-order valence-electron chi connectivity index (χ2n) is 4.92. The van der Waals surface area contributed by atoms with Crippen LogP contribution in [-0.2, 0) is 0 Å². The molecule has 4 heteroatoms. The SMILES string of the molecule is COc1ccccc1C(C)NC(=O)c1ccc(C)cc1F. The van der Waals surface area contributed by atoms with Crippen LogP contribution in [0.15, 0.2) is 42.5 Å². The first kappa shape index (κ1) is 15.0. The Morgan fingerprint density at radius 3 is 2.62 bits per heavy atom. The Morgan fingerprint density at radius 2 is 1.95 bits per heavy atom. The maximum Gasteiger partial charge on any atom is 0.254 e. The van der Waals surface area contributed by atoms with Gasteiger partial charge in [-0.15, -0.1) is 0 Å². The van der Waals surface area contributed by atoms with E-state index in [9.17, 15) is 9.18 Å². The second-order valence-corrected chi connectivity index (χ2v) is 4.92. The molecule has 21 heavy (non-hydrogen) atoms. The summed E-state index contributed by atoms with van der Waals surface area (Å²) in [5.41, 5.74) is 1.67. The van der Waals surface area contributed by atoms with Crippen molar-refractivity contribution < 1.29 is 13.9 Å². The van der Waals surface area contributed by atoms with Crippen LogP contribution in [0.3, 0.4) is 0 Å². The van der Waals surface area contributed by atoms with E-state index in [1.54, 1.807) is 20.1 Å². The molecule has 0 aliphatic rings. The van der Waals surface area contributed by atoms with Crippen molar-refractivity contribution in [1.29, 1.82) is 0 Å². The minimum Gasteiger partial charge on any atom is -0.496 e. The zero-order valence-electron chi connectivity index (χ0n) is 12.3. The van der Waals surface area contributed by atoms with E-state index in [1.165, 1.54) is 12.1 Å². The van der Waals surface area contributed by atoms with Crippen LogP contribution in [0.5, 0.6) is 5.75 Å². The second kappa shape index (κ2) is 6.39. The molecule has 2 aromatic rings. The molecule has 1 N–H and O–H groups in total. The fraction of sp³-hybridized carbons (Fsp3) is 0.235. The van der Waals surface area contributed by atoms with E-state index in [0.29, 0.717) is 5.75 Å². The van der Waals surface area contributed by atoms with Gasteiger partial charge >= 0.3 is 0 Å². The van der Waals surface area contributed by atoms with Gasteiger partial charge in [0.15, 0.2) is 0 Å². The molecule has 0 aliphatic heterocycles. The molecular formula is C17H18FNO2. The molecule has 0 fully saturated rings. The van der Waals surface area contributed by atoms with E-state index < -0.39 is 11.7 Å². The molecule has 0 spiro atoms. The standard InChI is InChI=1S/C17H18FNO2/c1-11-8-9-14(15(18)10-11)17(20)19-12(2)13-6-4-5-7-16(13)21-3/h4-10,12H,1-3H3,(H,19,20). The lowest BCUT2D eigenvalue weighted by Gasteiger charge is -2.17. The van der Waals surface area contributed by atoms with Crippen LogP contribution in [-0.4, -0.2) is 13.0 Å². The maximum atomic E-state index is 13.8. The van der Waals surface area contributed by atoms with Gasteiger partial charge in [-0.1, -0.05) is 24.3 Å². The van der Waals surface area contributed by atoms with Crippen molar-refractivity contribution >= 4 is 5.91 Å². The van der Waals surface area contributed by atoms with Gasteiger partial charge in [0.25, 0.3) is 5.91 Å². The minimum absolute atomic E-state index is 0.0438. The van der Waals surface area contributed by atoms with Gasteiger partial charge in [-0.05, 0) is 37.6 Å². The molecule has 0 aliphatic carbocycles. The summed E-state index contributed by atoms with van der Waals surface area (Å²) in [6.07, 6.45) is 0. The van der Waals surface area contributed by atoms with Crippen molar-refractivity contribution in [1.82, 2.24) is 5.32 Å². The number of benzene rings is 2. The average Bonchev–Trinajstić information content (AvgIpc) is 2.46. The number of methoxy groups -OCH3 is 1. The zero-order chi connectivity index (χ0) is 15.4. The summed E-state index contributed by atoms with van der Waals surface area (Å²) in [6, 6.07) is 11.7. The molecule has 2 aromatic carbocycles. The number of nitrogens with one attached hydrogen (secondary N) is 1. The number of carbonyl (C=O) groups is 1. The Morgan fingerprint density at radius 1 is 1.24 bits per heavy atom. The predicted octanol–water partition coefficient (Wildman–Crippen LogP) is 3.63. The molecule has 1 atom stereocenters. The molecule has 0 aromatic heterocycles. The van der Waals surface area contributed by atoms with Gasteiger partial charge in [-0.3, -0.25) is 4.79 Å². The fourth-order valence-corrected chi connectivity index (χ4v) is 2.18. The lowest BCUT2D eigenvalue weighted by Crippen LogP contribution is -2.27. The van der Waals surface area contributed by atoms with Crippen molar-refractivity contribution in [3.63, 3.8) is 0 Å². The third kappa shape index (κ3) is 3.40. The Balaban J connectivity index is 2.19. The number of carbonyl (C=O) groups excluding carboxylic acids is 1. The Hall–Kier alpha value is -2.36. The van der Waals surface area contributed by atoms with Crippen LogP contribution >= 0.6 is 0 Å². The van der Waals surface area contributed by atoms with E-state index >= 15 is 0 Å². The van der Waals surface area contributed by atoms with E-state index in [2.05, 4.69) is 5.32 Å². The summed E-state index contributed by atoms with van der Waals surface area (Å²) in [4.78, 5) is 12.2. The lowest BCUT2D eigenvalue weighted by atomic mass is 10.1. The number of ether oxygens (including phenoxy) is 1. The Kier molecular flexibility index (Phi) is 4.58. The van der Waals surface area contributed by atoms with Crippen LogP contribution in [0.2, 0.25) is 0 Å². The molecule has 1 unspecified atom stereocenters. The molecule has 0 saturated heterocycles. The minimum atomic E-state index is -0.514. The van der Waals surface area contributed by atoms with E-state index in [4.69, 9.17) is 4.74 Å². The number of amides is 1. The van der Waals surface area contributed by atoms with Gasteiger partial charge in [-0.2, -0.15) is 0 Å². The molecule has 110 valence electrons. The van der Waals surface area contributed by atoms with E-state index in [-0.39, 0.29) is 11.6 Å². The van der Waals surface area contributed by atoms with Crippen molar-refractivity contribution in [3.05, 3.63) is 65.0 Å². The smallest absolute Gasteiger partial charge is 0.254 e. The quantitative estimate of drug-likeness (QED) is 0.932. The maximum absolute atomic E-state index is 13.8. The number of para-hydroxylation sites is 1. The van der Waals surface area contributed by atoms with Crippen LogP contribution in [0.25, 0.3) is 0 Å². The van der Waals surface area contributed by atoms with Crippen molar-refractivity contribution in [2.75, 3.05) is 7.11 Å².